The highest BCUT2D eigenvalue weighted by Crippen LogP contribution is 2.36. The van der Waals surface area contributed by atoms with E-state index < -0.39 is 17.6 Å². The zero-order valence-corrected chi connectivity index (χ0v) is 14.9. The molecule has 1 unspecified atom stereocenters. The number of hydrogen-bond acceptors (Lipinski definition) is 3. The number of unbranched alkanes of at least 4 members (excludes halogenated alkanes) is 3. The number of halogens is 3. The van der Waals surface area contributed by atoms with Gasteiger partial charge in [-0.3, -0.25) is 4.79 Å². The lowest BCUT2D eigenvalue weighted by Crippen LogP contribution is -2.36. The molecule has 1 aromatic rings. The van der Waals surface area contributed by atoms with Crippen molar-refractivity contribution in [2.24, 2.45) is 5.73 Å². The second kappa shape index (κ2) is 8.58. The van der Waals surface area contributed by atoms with Gasteiger partial charge in [0.25, 0.3) is 5.91 Å². The van der Waals surface area contributed by atoms with Gasteiger partial charge in [0, 0.05) is 12.1 Å². The Morgan fingerprint density at radius 1 is 1.12 bits per heavy atom. The Balaban J connectivity index is 2.16. The van der Waals surface area contributed by atoms with Crippen LogP contribution in [0.4, 0.5) is 13.2 Å². The summed E-state index contributed by atoms with van der Waals surface area (Å²) in [5.74, 6) is -0.816. The van der Waals surface area contributed by atoms with Crippen LogP contribution in [0.25, 0.3) is 5.57 Å². The number of benzene rings is 1. The van der Waals surface area contributed by atoms with Gasteiger partial charge < -0.3 is 15.7 Å². The molecule has 2 rings (SSSR count). The monoisotopic (exact) mass is 370 g/mol. The van der Waals surface area contributed by atoms with Crippen LogP contribution in [0.2, 0.25) is 0 Å². The summed E-state index contributed by atoms with van der Waals surface area (Å²) in [6.45, 7) is 3.04. The zero-order valence-electron chi connectivity index (χ0n) is 14.9. The van der Waals surface area contributed by atoms with Crippen molar-refractivity contribution in [3.63, 3.8) is 0 Å². The third kappa shape index (κ3) is 4.38. The molecule has 1 heterocycles. The van der Waals surface area contributed by atoms with E-state index in [0.717, 1.165) is 37.8 Å². The molecule has 1 amide bonds. The largest absolute Gasteiger partial charge is 0.503 e. The lowest BCUT2D eigenvalue weighted by atomic mass is 9.96. The van der Waals surface area contributed by atoms with E-state index >= 15 is 0 Å². The summed E-state index contributed by atoms with van der Waals surface area (Å²) >= 11 is 0. The van der Waals surface area contributed by atoms with Crippen molar-refractivity contribution in [1.82, 2.24) is 4.90 Å². The van der Waals surface area contributed by atoms with Crippen molar-refractivity contribution in [2.75, 3.05) is 13.1 Å². The molecule has 0 saturated heterocycles. The number of aliphatic hydroxyl groups is 1. The first kappa shape index (κ1) is 20.3. The minimum Gasteiger partial charge on any atom is -0.503 e. The van der Waals surface area contributed by atoms with E-state index in [1.807, 2.05) is 6.92 Å². The highest BCUT2D eigenvalue weighted by atomic mass is 19.4. The quantitative estimate of drug-likeness (QED) is 0.677. The zero-order chi connectivity index (χ0) is 19.3. The molecular weight excluding hydrogens is 345 g/mol. The molecule has 0 aromatic heterocycles. The smallest absolute Gasteiger partial charge is 0.416 e. The lowest BCUT2D eigenvalue weighted by molar-refractivity contribution is -0.137. The first-order chi connectivity index (χ1) is 12.3. The maximum absolute atomic E-state index is 12.7. The van der Waals surface area contributed by atoms with Crippen LogP contribution in [0.15, 0.2) is 30.0 Å². The highest BCUT2D eigenvalue weighted by molar-refractivity contribution is 6.05. The van der Waals surface area contributed by atoms with Crippen molar-refractivity contribution in [3.05, 3.63) is 41.2 Å². The molecule has 0 spiro atoms. The molecule has 144 valence electrons. The summed E-state index contributed by atoms with van der Waals surface area (Å²) in [4.78, 5) is 14.0. The first-order valence-electron chi connectivity index (χ1n) is 8.93. The number of nitrogens with zero attached hydrogens (tertiary/aromatic N) is 1. The van der Waals surface area contributed by atoms with Crippen LogP contribution in [0, 0.1) is 0 Å². The maximum atomic E-state index is 12.7. The number of aliphatic hydroxyl groups excluding tert-OH is 1. The number of alkyl halides is 3. The molecule has 26 heavy (non-hydrogen) atoms. The van der Waals surface area contributed by atoms with Gasteiger partial charge in [-0.2, -0.15) is 13.2 Å². The topological polar surface area (TPSA) is 66.6 Å². The van der Waals surface area contributed by atoms with Gasteiger partial charge in [0.15, 0.2) is 5.76 Å². The van der Waals surface area contributed by atoms with Crippen molar-refractivity contribution < 1.29 is 23.1 Å². The minimum absolute atomic E-state index is 0.325. The average molecular weight is 370 g/mol. The van der Waals surface area contributed by atoms with Crippen molar-refractivity contribution >= 4 is 11.5 Å². The molecule has 1 aliphatic rings. The first-order valence-corrected chi connectivity index (χ1v) is 8.93. The molecule has 7 heteroatoms. The number of amides is 1. The summed E-state index contributed by atoms with van der Waals surface area (Å²) in [7, 11) is 0. The third-order valence-corrected chi connectivity index (χ3v) is 4.69. The number of nitrogens with two attached hydrogens (primary N) is 1. The van der Waals surface area contributed by atoms with E-state index in [-0.39, 0.29) is 11.8 Å². The van der Waals surface area contributed by atoms with E-state index in [4.69, 9.17) is 5.73 Å². The van der Waals surface area contributed by atoms with E-state index in [0.29, 0.717) is 30.6 Å². The molecule has 0 fully saturated rings. The van der Waals surface area contributed by atoms with Crippen molar-refractivity contribution in [1.29, 1.82) is 0 Å². The van der Waals surface area contributed by atoms with Crippen LogP contribution in [-0.2, 0) is 11.0 Å². The van der Waals surface area contributed by atoms with Gasteiger partial charge in [-0.15, -0.1) is 0 Å². The standard InChI is InChI=1S/C19H25F3N2O2/c1-2-15-16(13-7-9-14(10-8-13)19(20,21)22)17(25)18(26)24(15)12-6-4-3-5-11-23/h7-10,15,25H,2-6,11-12,23H2,1H3. The molecule has 0 aliphatic carbocycles. The predicted octanol–water partition coefficient (Wildman–Crippen LogP) is 4.11. The second-order valence-electron chi connectivity index (χ2n) is 6.46. The molecule has 3 N–H and O–H groups in total. The van der Waals surface area contributed by atoms with Gasteiger partial charge in [-0.05, 0) is 43.5 Å². The summed E-state index contributed by atoms with van der Waals surface area (Å²) in [5, 5.41) is 10.3. The molecule has 0 radical (unpaired) electrons. The fourth-order valence-electron chi connectivity index (χ4n) is 3.34. The van der Waals surface area contributed by atoms with Gasteiger partial charge in [-0.1, -0.05) is 31.9 Å². The van der Waals surface area contributed by atoms with Crippen molar-refractivity contribution in [3.8, 4) is 0 Å². The van der Waals surface area contributed by atoms with Crippen LogP contribution in [0.5, 0.6) is 0 Å². The number of rotatable bonds is 8. The van der Waals surface area contributed by atoms with E-state index in [9.17, 15) is 23.1 Å². The van der Waals surface area contributed by atoms with Crippen LogP contribution < -0.4 is 5.73 Å². The van der Waals surface area contributed by atoms with Gasteiger partial charge in [-0.25, -0.2) is 0 Å². The summed E-state index contributed by atoms with van der Waals surface area (Å²) in [6, 6.07) is 4.25. The van der Waals surface area contributed by atoms with Gasteiger partial charge >= 0.3 is 6.18 Å². The number of carbonyl (C=O) groups is 1. The molecule has 0 bridgehead atoms. The Labute approximate surface area is 151 Å². The Kier molecular flexibility index (Phi) is 6.69. The fraction of sp³-hybridized carbons (Fsp3) is 0.526. The highest BCUT2D eigenvalue weighted by Gasteiger charge is 2.39. The average Bonchev–Trinajstić information content (AvgIpc) is 2.85. The predicted molar refractivity (Wildman–Crippen MR) is 94.3 cm³/mol. The molecule has 4 nitrogen and oxygen atoms in total. The summed E-state index contributed by atoms with van der Waals surface area (Å²) in [5.41, 5.74) is 5.56. The normalized spacial score (nSPS) is 18.1. The number of hydrogen-bond donors (Lipinski definition) is 2. The molecular formula is C19H25F3N2O2. The van der Waals surface area contributed by atoms with Crippen LogP contribution in [0.3, 0.4) is 0 Å². The van der Waals surface area contributed by atoms with Crippen molar-refractivity contribution in [2.45, 2.75) is 51.2 Å². The second-order valence-corrected chi connectivity index (χ2v) is 6.46. The van der Waals surface area contributed by atoms with E-state index in [1.165, 1.54) is 12.1 Å². The third-order valence-electron chi connectivity index (χ3n) is 4.69. The summed E-state index contributed by atoms with van der Waals surface area (Å²) < 4.78 is 38.2. The van der Waals surface area contributed by atoms with Crippen LogP contribution in [0.1, 0.15) is 50.2 Å². The Bertz CT molecular complexity index is 654. The molecule has 1 aromatic carbocycles. The lowest BCUT2D eigenvalue weighted by Gasteiger charge is -2.26. The summed E-state index contributed by atoms with van der Waals surface area (Å²) in [6.07, 6.45) is -0.176. The molecule has 0 saturated carbocycles. The number of carbonyl (C=O) groups excluding carboxylic acids is 1. The van der Waals surface area contributed by atoms with E-state index in [1.54, 1.807) is 4.90 Å². The molecule has 1 aliphatic heterocycles. The van der Waals surface area contributed by atoms with Gasteiger partial charge in [0.2, 0.25) is 0 Å². The Morgan fingerprint density at radius 2 is 1.73 bits per heavy atom. The fourth-order valence-corrected chi connectivity index (χ4v) is 3.34. The van der Waals surface area contributed by atoms with Gasteiger partial charge in [0.1, 0.15) is 0 Å². The SMILES string of the molecule is CCC1C(c2ccc(C(F)(F)F)cc2)=C(O)C(=O)N1CCCCCCN. The van der Waals surface area contributed by atoms with E-state index in [2.05, 4.69) is 0 Å². The van der Waals surface area contributed by atoms with Crippen LogP contribution in [-0.4, -0.2) is 35.0 Å². The minimum atomic E-state index is -4.42. The van der Waals surface area contributed by atoms with Crippen LogP contribution >= 0.6 is 0 Å². The maximum Gasteiger partial charge on any atom is 0.416 e. The molecule has 1 atom stereocenters. The van der Waals surface area contributed by atoms with Gasteiger partial charge in [0.05, 0.1) is 11.6 Å². The Morgan fingerprint density at radius 3 is 2.27 bits per heavy atom. The Hall–Kier alpha value is -2.02.